The fourth-order valence-corrected chi connectivity index (χ4v) is 0.945. The number of rotatable bonds is 0. The van der Waals surface area contributed by atoms with Crippen LogP contribution in [0.5, 0.6) is 0 Å². The first-order chi connectivity index (χ1) is 5.79. The van der Waals surface area contributed by atoms with E-state index >= 15 is 0 Å². The molecular weight excluding hydrogens is 156 g/mol. The average molecular weight is 162 g/mol. The van der Waals surface area contributed by atoms with Crippen LogP contribution in [0.1, 0.15) is 0 Å². The Morgan fingerprint density at radius 1 is 0.833 bits per heavy atom. The Hall–Kier alpha value is -1.98. The average Bonchev–Trinajstić information content (AvgIpc) is 2.12. The minimum absolute atomic E-state index is 0.314. The first-order valence-corrected chi connectivity index (χ1v) is 3.27. The lowest BCUT2D eigenvalue weighted by Gasteiger charge is -1.99. The molecule has 0 spiro atoms. The van der Waals surface area contributed by atoms with E-state index in [2.05, 4.69) is 20.4 Å². The van der Waals surface area contributed by atoms with E-state index in [9.17, 15) is 0 Å². The molecular formula is C6H6N6. The van der Waals surface area contributed by atoms with Gasteiger partial charge in [-0.3, -0.25) is 0 Å². The number of nitrogens with two attached hydrogens (primary N) is 2. The molecule has 0 saturated carbocycles. The van der Waals surface area contributed by atoms with E-state index in [0.717, 1.165) is 0 Å². The largest absolute Gasteiger partial charge is 0.382 e. The first-order valence-electron chi connectivity index (χ1n) is 3.27. The highest BCUT2D eigenvalue weighted by Gasteiger charge is 2.03. The third kappa shape index (κ3) is 0.815. The van der Waals surface area contributed by atoms with E-state index in [1.165, 1.54) is 12.4 Å². The second-order valence-corrected chi connectivity index (χ2v) is 2.29. The third-order valence-corrected chi connectivity index (χ3v) is 1.55. The lowest BCUT2D eigenvalue weighted by atomic mass is 10.2. The SMILES string of the molecule is Nc1nnc(N)c2cnncc12. The molecule has 0 aliphatic rings. The molecule has 12 heavy (non-hydrogen) atoms. The van der Waals surface area contributed by atoms with Gasteiger partial charge in [0.15, 0.2) is 11.6 Å². The fraction of sp³-hybridized carbons (Fsp3) is 0. The summed E-state index contributed by atoms with van der Waals surface area (Å²) >= 11 is 0. The molecule has 0 saturated heterocycles. The van der Waals surface area contributed by atoms with Crippen LogP contribution in [0, 0.1) is 0 Å². The zero-order chi connectivity index (χ0) is 8.55. The van der Waals surface area contributed by atoms with Crippen LogP contribution in [-0.2, 0) is 0 Å². The lowest BCUT2D eigenvalue weighted by Crippen LogP contribution is -2.00. The van der Waals surface area contributed by atoms with Gasteiger partial charge in [-0.2, -0.15) is 10.2 Å². The van der Waals surface area contributed by atoms with E-state index in [1.54, 1.807) is 0 Å². The second-order valence-electron chi connectivity index (χ2n) is 2.29. The first kappa shape index (κ1) is 6.71. The van der Waals surface area contributed by atoms with E-state index < -0.39 is 0 Å². The summed E-state index contributed by atoms with van der Waals surface area (Å²) in [7, 11) is 0. The number of fused-ring (bicyclic) bond motifs is 1. The van der Waals surface area contributed by atoms with Gasteiger partial charge in [-0.25, -0.2) is 0 Å². The Morgan fingerprint density at radius 2 is 1.25 bits per heavy atom. The van der Waals surface area contributed by atoms with Gasteiger partial charge in [0.1, 0.15) is 0 Å². The summed E-state index contributed by atoms with van der Waals surface area (Å²) in [5.74, 6) is 0.628. The molecule has 0 bridgehead atoms. The third-order valence-electron chi connectivity index (χ3n) is 1.55. The molecule has 2 rings (SSSR count). The maximum atomic E-state index is 5.53. The summed E-state index contributed by atoms with van der Waals surface area (Å²) in [5.41, 5.74) is 11.1. The summed E-state index contributed by atoms with van der Waals surface area (Å²) in [6.45, 7) is 0. The minimum Gasteiger partial charge on any atom is -0.382 e. The monoisotopic (exact) mass is 162 g/mol. The van der Waals surface area contributed by atoms with Gasteiger partial charge in [0, 0.05) is 0 Å². The molecule has 60 valence electrons. The molecule has 6 heteroatoms. The quantitative estimate of drug-likeness (QED) is 0.545. The molecule has 0 fully saturated rings. The van der Waals surface area contributed by atoms with E-state index in [0.29, 0.717) is 22.4 Å². The predicted molar refractivity (Wildman–Crippen MR) is 44.0 cm³/mol. The summed E-state index contributed by atoms with van der Waals surface area (Å²) in [4.78, 5) is 0. The van der Waals surface area contributed by atoms with Crippen molar-refractivity contribution in [3.63, 3.8) is 0 Å². The van der Waals surface area contributed by atoms with Crippen molar-refractivity contribution in [1.82, 2.24) is 20.4 Å². The summed E-state index contributed by atoms with van der Waals surface area (Å²) in [6, 6.07) is 0. The number of anilines is 2. The van der Waals surface area contributed by atoms with Crippen LogP contribution in [0.3, 0.4) is 0 Å². The lowest BCUT2D eigenvalue weighted by molar-refractivity contribution is 1.03. The molecule has 2 aromatic rings. The summed E-state index contributed by atoms with van der Waals surface area (Å²) < 4.78 is 0. The number of hydrogen-bond donors (Lipinski definition) is 2. The number of aromatic nitrogens is 4. The molecule has 0 radical (unpaired) electrons. The van der Waals surface area contributed by atoms with Gasteiger partial charge in [-0.05, 0) is 0 Å². The molecule has 0 aliphatic carbocycles. The van der Waals surface area contributed by atoms with E-state index in [-0.39, 0.29) is 0 Å². The normalized spacial score (nSPS) is 10.3. The Bertz CT molecular complexity index is 385. The fourth-order valence-electron chi connectivity index (χ4n) is 0.945. The number of nitrogens with zero attached hydrogens (tertiary/aromatic N) is 4. The highest BCUT2D eigenvalue weighted by atomic mass is 15.2. The highest BCUT2D eigenvalue weighted by molar-refractivity contribution is 5.95. The Morgan fingerprint density at radius 3 is 1.67 bits per heavy atom. The molecule has 0 amide bonds. The van der Waals surface area contributed by atoms with Crippen molar-refractivity contribution < 1.29 is 0 Å². The van der Waals surface area contributed by atoms with Crippen LogP contribution in [0.4, 0.5) is 11.6 Å². The molecule has 4 N–H and O–H groups in total. The Kier molecular flexibility index (Phi) is 1.26. The smallest absolute Gasteiger partial charge is 0.155 e. The zero-order valence-electron chi connectivity index (χ0n) is 6.10. The van der Waals surface area contributed by atoms with Crippen LogP contribution in [0.2, 0.25) is 0 Å². The van der Waals surface area contributed by atoms with E-state index in [1.807, 2.05) is 0 Å². The van der Waals surface area contributed by atoms with Gasteiger partial charge in [-0.1, -0.05) is 0 Å². The van der Waals surface area contributed by atoms with Crippen LogP contribution >= 0.6 is 0 Å². The van der Waals surface area contributed by atoms with Gasteiger partial charge < -0.3 is 11.5 Å². The molecule has 2 aromatic heterocycles. The van der Waals surface area contributed by atoms with Crippen molar-refractivity contribution in [2.24, 2.45) is 0 Å². The van der Waals surface area contributed by atoms with Crippen LogP contribution in [-0.4, -0.2) is 20.4 Å². The topological polar surface area (TPSA) is 104 Å². The molecule has 0 unspecified atom stereocenters. The van der Waals surface area contributed by atoms with Crippen molar-refractivity contribution in [3.05, 3.63) is 12.4 Å². The van der Waals surface area contributed by atoms with Gasteiger partial charge >= 0.3 is 0 Å². The van der Waals surface area contributed by atoms with Crippen molar-refractivity contribution in [2.45, 2.75) is 0 Å². The van der Waals surface area contributed by atoms with Crippen LogP contribution in [0.15, 0.2) is 12.4 Å². The van der Waals surface area contributed by atoms with Crippen molar-refractivity contribution in [3.8, 4) is 0 Å². The van der Waals surface area contributed by atoms with Gasteiger partial charge in [0.2, 0.25) is 0 Å². The molecule has 0 atom stereocenters. The molecule has 2 heterocycles. The Balaban J connectivity index is 2.95. The van der Waals surface area contributed by atoms with Crippen molar-refractivity contribution in [1.29, 1.82) is 0 Å². The summed E-state index contributed by atoms with van der Waals surface area (Å²) in [5, 5.41) is 16.0. The molecule has 0 aliphatic heterocycles. The number of nitrogen functional groups attached to an aromatic ring is 2. The maximum Gasteiger partial charge on any atom is 0.155 e. The number of hydrogen-bond acceptors (Lipinski definition) is 6. The van der Waals surface area contributed by atoms with Crippen molar-refractivity contribution >= 4 is 22.4 Å². The minimum atomic E-state index is 0.314. The van der Waals surface area contributed by atoms with Crippen LogP contribution in [0.25, 0.3) is 10.8 Å². The molecule has 0 aromatic carbocycles. The Labute approximate surface area is 67.6 Å². The van der Waals surface area contributed by atoms with E-state index in [4.69, 9.17) is 11.5 Å². The van der Waals surface area contributed by atoms with Crippen molar-refractivity contribution in [2.75, 3.05) is 11.5 Å². The highest BCUT2D eigenvalue weighted by Crippen LogP contribution is 2.19. The van der Waals surface area contributed by atoms with Gasteiger partial charge in [0.25, 0.3) is 0 Å². The standard InChI is InChI=1S/C6H6N6/c7-5-3-1-9-10-2-4(3)6(8)12-11-5/h1-2H,(H2,7,11)(H2,8,12). The maximum absolute atomic E-state index is 5.53. The van der Waals surface area contributed by atoms with Crippen LogP contribution < -0.4 is 11.5 Å². The second kappa shape index (κ2) is 2.26. The van der Waals surface area contributed by atoms with Gasteiger partial charge in [0.05, 0.1) is 23.2 Å². The molecule has 6 nitrogen and oxygen atoms in total. The summed E-state index contributed by atoms with van der Waals surface area (Å²) in [6.07, 6.45) is 3.02. The predicted octanol–water partition coefficient (Wildman–Crippen LogP) is -0.416. The zero-order valence-corrected chi connectivity index (χ0v) is 6.10. The van der Waals surface area contributed by atoms with Gasteiger partial charge in [-0.15, -0.1) is 10.2 Å².